The van der Waals surface area contributed by atoms with E-state index >= 15 is 0 Å². The van der Waals surface area contributed by atoms with E-state index in [0.717, 1.165) is 0 Å². The second-order valence-corrected chi connectivity index (χ2v) is 5.05. The smallest absolute Gasteiger partial charge is 0.317 e. The molecule has 2 N–H and O–H groups in total. The Balaban J connectivity index is 4.74. The number of carboxylic acid groups (broad SMARTS) is 2. The minimum Gasteiger partial charge on any atom is -0.480 e. The third-order valence-electron chi connectivity index (χ3n) is 1.74. The summed E-state index contributed by atoms with van der Waals surface area (Å²) in [4.78, 5) is 19.4. The molecule has 0 heterocycles. The molecule has 6 heteroatoms. The lowest BCUT2D eigenvalue weighted by atomic mass is 9.85. The molecule has 0 saturated carbocycles. The Labute approximate surface area is 92.6 Å². The first-order valence-corrected chi connectivity index (χ1v) is 5.28. The minimum atomic E-state index is -1.07. The van der Waals surface area contributed by atoms with Crippen molar-refractivity contribution in [3.63, 3.8) is 0 Å². The van der Waals surface area contributed by atoms with Gasteiger partial charge in [0, 0.05) is 5.41 Å². The summed E-state index contributed by atoms with van der Waals surface area (Å²) in [6.07, 6.45) is 0. The standard InChI is InChI=1S/C7H10Br2O4/c1-7(2,3(8)5(10)11)4(9)6(12)13/h3-4H,1-2H3,(H,10,11)(H,12,13). The van der Waals surface area contributed by atoms with Gasteiger partial charge in [0.05, 0.1) is 0 Å². The van der Waals surface area contributed by atoms with Gasteiger partial charge in [-0.3, -0.25) is 9.59 Å². The Bertz CT molecular complexity index is 205. The van der Waals surface area contributed by atoms with Gasteiger partial charge in [-0.2, -0.15) is 0 Å². The summed E-state index contributed by atoms with van der Waals surface area (Å²) in [5.41, 5.74) is -0.905. The Morgan fingerprint density at radius 2 is 1.31 bits per heavy atom. The van der Waals surface area contributed by atoms with E-state index in [2.05, 4.69) is 31.9 Å². The zero-order valence-corrected chi connectivity index (χ0v) is 10.3. The van der Waals surface area contributed by atoms with E-state index in [-0.39, 0.29) is 0 Å². The van der Waals surface area contributed by atoms with Crippen molar-refractivity contribution in [3.05, 3.63) is 0 Å². The normalized spacial score (nSPS) is 16.3. The van der Waals surface area contributed by atoms with Crippen LogP contribution in [0, 0.1) is 5.41 Å². The average Bonchev–Trinajstić information content (AvgIpc) is 2.01. The highest BCUT2D eigenvalue weighted by atomic mass is 79.9. The molecule has 2 unspecified atom stereocenters. The molecule has 0 aromatic carbocycles. The van der Waals surface area contributed by atoms with E-state index in [4.69, 9.17) is 10.2 Å². The van der Waals surface area contributed by atoms with E-state index in [1.54, 1.807) is 13.8 Å². The fourth-order valence-electron chi connectivity index (χ4n) is 0.765. The molecule has 0 aliphatic rings. The largest absolute Gasteiger partial charge is 0.480 e. The summed E-state index contributed by atoms with van der Waals surface area (Å²) < 4.78 is 0. The molecule has 0 aromatic heterocycles. The molecule has 0 rings (SSSR count). The SMILES string of the molecule is CC(C)(C(Br)C(=O)O)C(Br)C(=O)O. The first-order chi connectivity index (χ1) is 5.71. The van der Waals surface area contributed by atoms with Crippen molar-refractivity contribution in [2.24, 2.45) is 5.41 Å². The second-order valence-electron chi connectivity index (χ2n) is 3.22. The number of hydrogen-bond donors (Lipinski definition) is 2. The summed E-state index contributed by atoms with van der Waals surface area (Å²) in [6.45, 7) is 3.13. The summed E-state index contributed by atoms with van der Waals surface area (Å²) in [5, 5.41) is 17.4. The highest BCUT2D eigenvalue weighted by Crippen LogP contribution is 2.35. The summed E-state index contributed by atoms with van der Waals surface area (Å²) in [5.74, 6) is -2.15. The molecule has 0 fully saturated rings. The van der Waals surface area contributed by atoms with Crippen molar-refractivity contribution in [3.8, 4) is 0 Å². The van der Waals surface area contributed by atoms with Crippen LogP contribution < -0.4 is 0 Å². The molecular weight excluding hydrogens is 308 g/mol. The molecule has 0 saturated heterocycles. The Kier molecular flexibility index (Phi) is 4.38. The highest BCUT2D eigenvalue weighted by Gasteiger charge is 2.42. The summed E-state index contributed by atoms with van der Waals surface area (Å²) in [6, 6.07) is 0. The lowest BCUT2D eigenvalue weighted by molar-refractivity contribution is -0.141. The molecule has 0 amide bonds. The van der Waals surface area contributed by atoms with Crippen molar-refractivity contribution in [1.29, 1.82) is 0 Å². The van der Waals surface area contributed by atoms with Crippen molar-refractivity contribution in [1.82, 2.24) is 0 Å². The predicted octanol–water partition coefficient (Wildman–Crippen LogP) is 1.71. The van der Waals surface area contributed by atoms with Crippen LogP contribution in [0.3, 0.4) is 0 Å². The summed E-state index contributed by atoms with van der Waals surface area (Å²) in [7, 11) is 0. The fourth-order valence-corrected chi connectivity index (χ4v) is 1.65. The van der Waals surface area contributed by atoms with Gasteiger partial charge in [0.1, 0.15) is 9.65 Å². The number of aliphatic carboxylic acids is 2. The van der Waals surface area contributed by atoms with Crippen LogP contribution in [0.15, 0.2) is 0 Å². The molecule has 13 heavy (non-hydrogen) atoms. The number of carbonyl (C=O) groups is 2. The van der Waals surface area contributed by atoms with Crippen molar-refractivity contribution >= 4 is 43.8 Å². The van der Waals surface area contributed by atoms with E-state index in [1.807, 2.05) is 0 Å². The molecule has 76 valence electrons. The lowest BCUT2D eigenvalue weighted by Crippen LogP contribution is -2.42. The second kappa shape index (κ2) is 4.41. The van der Waals surface area contributed by atoms with Crippen LogP contribution in [0.1, 0.15) is 13.8 Å². The van der Waals surface area contributed by atoms with E-state index in [1.165, 1.54) is 0 Å². The van der Waals surface area contributed by atoms with Crippen LogP contribution in [0.2, 0.25) is 0 Å². The van der Waals surface area contributed by atoms with E-state index < -0.39 is 27.0 Å². The lowest BCUT2D eigenvalue weighted by Gasteiger charge is -2.29. The Morgan fingerprint density at radius 3 is 1.46 bits per heavy atom. The van der Waals surface area contributed by atoms with Gasteiger partial charge in [-0.25, -0.2) is 0 Å². The van der Waals surface area contributed by atoms with Gasteiger partial charge in [-0.1, -0.05) is 45.7 Å². The summed E-state index contributed by atoms with van der Waals surface area (Å²) >= 11 is 5.88. The highest BCUT2D eigenvalue weighted by molar-refractivity contribution is 9.10. The molecule has 4 nitrogen and oxygen atoms in total. The first kappa shape index (κ1) is 12.9. The third kappa shape index (κ3) is 2.95. The van der Waals surface area contributed by atoms with Gasteiger partial charge >= 0.3 is 11.9 Å². The van der Waals surface area contributed by atoms with Crippen LogP contribution in [0.5, 0.6) is 0 Å². The Hall–Kier alpha value is -0.100. The average molecular weight is 318 g/mol. The molecule has 0 radical (unpaired) electrons. The number of halogens is 2. The van der Waals surface area contributed by atoms with Crippen LogP contribution >= 0.6 is 31.9 Å². The molecule has 0 aromatic rings. The van der Waals surface area contributed by atoms with Crippen LogP contribution in [0.4, 0.5) is 0 Å². The van der Waals surface area contributed by atoms with Gasteiger partial charge in [0.2, 0.25) is 0 Å². The molecular formula is C7H10Br2O4. The third-order valence-corrected chi connectivity index (χ3v) is 4.88. The van der Waals surface area contributed by atoms with Crippen LogP contribution in [0.25, 0.3) is 0 Å². The minimum absolute atomic E-state index is 0.902. The van der Waals surface area contributed by atoms with Crippen molar-refractivity contribution in [2.45, 2.75) is 23.5 Å². The zero-order valence-electron chi connectivity index (χ0n) is 7.12. The monoisotopic (exact) mass is 316 g/mol. The zero-order chi connectivity index (χ0) is 10.8. The fraction of sp³-hybridized carbons (Fsp3) is 0.714. The van der Waals surface area contributed by atoms with Crippen molar-refractivity contribution < 1.29 is 19.8 Å². The molecule has 0 aliphatic carbocycles. The van der Waals surface area contributed by atoms with E-state index in [0.29, 0.717) is 0 Å². The molecule has 0 bridgehead atoms. The molecule has 0 spiro atoms. The number of carboxylic acids is 2. The first-order valence-electron chi connectivity index (χ1n) is 3.45. The van der Waals surface area contributed by atoms with Gasteiger partial charge in [0.15, 0.2) is 0 Å². The maximum atomic E-state index is 10.6. The number of rotatable bonds is 4. The van der Waals surface area contributed by atoms with Gasteiger partial charge in [-0.05, 0) is 0 Å². The number of hydrogen-bond acceptors (Lipinski definition) is 2. The van der Waals surface area contributed by atoms with Gasteiger partial charge < -0.3 is 10.2 Å². The maximum absolute atomic E-state index is 10.6. The molecule has 0 aliphatic heterocycles. The quantitative estimate of drug-likeness (QED) is 0.774. The van der Waals surface area contributed by atoms with Crippen LogP contribution in [-0.2, 0) is 9.59 Å². The molecule has 2 atom stereocenters. The Morgan fingerprint density at radius 1 is 1.08 bits per heavy atom. The van der Waals surface area contributed by atoms with Crippen molar-refractivity contribution in [2.75, 3.05) is 0 Å². The van der Waals surface area contributed by atoms with Gasteiger partial charge in [0.25, 0.3) is 0 Å². The maximum Gasteiger partial charge on any atom is 0.317 e. The van der Waals surface area contributed by atoms with Gasteiger partial charge in [-0.15, -0.1) is 0 Å². The topological polar surface area (TPSA) is 74.6 Å². The number of alkyl halides is 2. The van der Waals surface area contributed by atoms with Crippen LogP contribution in [-0.4, -0.2) is 31.8 Å². The predicted molar refractivity (Wildman–Crippen MR) is 54.5 cm³/mol. The van der Waals surface area contributed by atoms with E-state index in [9.17, 15) is 9.59 Å².